The van der Waals surface area contributed by atoms with Crippen LogP contribution in [0.3, 0.4) is 0 Å². The number of nitrogens with zero attached hydrogens (tertiary/aromatic N) is 1. The fourth-order valence-electron chi connectivity index (χ4n) is 1.84. The number of carbonyl (C=O) groups is 2. The lowest BCUT2D eigenvalue weighted by atomic mass is 9.97. The van der Waals surface area contributed by atoms with E-state index in [4.69, 9.17) is 0 Å². The van der Waals surface area contributed by atoms with E-state index < -0.39 is 59.2 Å². The van der Waals surface area contributed by atoms with Crippen LogP contribution in [0.1, 0.15) is 17.3 Å². The largest absolute Gasteiger partial charge is 0.491 e. The second-order valence-corrected chi connectivity index (χ2v) is 4.77. The van der Waals surface area contributed by atoms with Gasteiger partial charge in [0, 0.05) is 6.21 Å². The molecule has 1 rings (SSSR count). The third-order valence-electron chi connectivity index (χ3n) is 2.93. The van der Waals surface area contributed by atoms with Crippen molar-refractivity contribution in [2.24, 2.45) is 10.9 Å². The highest BCUT2D eigenvalue weighted by Gasteiger charge is 2.33. The SMILES string of the molecule is CCOC(=O)C(C=NCC(F)(F)F)C(=O)c1cc(F)c(F)c(OC)c1F. The van der Waals surface area contributed by atoms with E-state index in [9.17, 15) is 35.9 Å². The molecule has 0 saturated carbocycles. The molecule has 0 aromatic heterocycles. The lowest BCUT2D eigenvalue weighted by Gasteiger charge is -2.13. The van der Waals surface area contributed by atoms with Gasteiger partial charge >= 0.3 is 12.1 Å². The Balaban J connectivity index is 3.32. The standard InChI is InChI=1S/C15H13F6NO4/c1-3-26-14(24)8(5-22-6-15(19,20)21)12(23)7-4-9(16)11(18)13(25-2)10(7)17/h4-5,8H,3,6H2,1-2H3. The van der Waals surface area contributed by atoms with Gasteiger partial charge in [0.15, 0.2) is 29.1 Å². The van der Waals surface area contributed by atoms with Crippen LogP contribution < -0.4 is 4.74 Å². The van der Waals surface area contributed by atoms with Gasteiger partial charge < -0.3 is 9.47 Å². The minimum atomic E-state index is -4.71. The molecule has 0 fully saturated rings. The molecule has 0 bridgehead atoms. The van der Waals surface area contributed by atoms with Crippen molar-refractivity contribution >= 4 is 18.0 Å². The highest BCUT2D eigenvalue weighted by Crippen LogP contribution is 2.28. The summed E-state index contributed by atoms with van der Waals surface area (Å²) in [6.45, 7) is -0.591. The number of rotatable bonds is 7. The number of hydrogen-bond acceptors (Lipinski definition) is 5. The second-order valence-electron chi connectivity index (χ2n) is 4.77. The molecule has 0 aliphatic rings. The van der Waals surface area contributed by atoms with Crippen molar-refractivity contribution in [2.75, 3.05) is 20.3 Å². The van der Waals surface area contributed by atoms with Crippen LogP contribution in [0.25, 0.3) is 0 Å². The zero-order chi connectivity index (χ0) is 20.1. The lowest BCUT2D eigenvalue weighted by molar-refractivity contribution is -0.144. The Kier molecular flexibility index (Phi) is 7.16. The topological polar surface area (TPSA) is 65.0 Å². The van der Waals surface area contributed by atoms with Gasteiger partial charge in [-0.05, 0) is 13.0 Å². The van der Waals surface area contributed by atoms with E-state index in [1.165, 1.54) is 6.92 Å². The maximum atomic E-state index is 14.2. The highest BCUT2D eigenvalue weighted by molar-refractivity contribution is 6.18. The molecule has 0 N–H and O–H groups in total. The van der Waals surface area contributed by atoms with Crippen LogP contribution >= 0.6 is 0 Å². The predicted octanol–water partition coefficient (Wildman–Crippen LogP) is 3.11. The van der Waals surface area contributed by atoms with E-state index in [1.807, 2.05) is 0 Å². The number of carbonyl (C=O) groups excluding carboxylic acids is 2. The average molecular weight is 385 g/mol. The van der Waals surface area contributed by atoms with Gasteiger partial charge in [0.25, 0.3) is 0 Å². The van der Waals surface area contributed by atoms with Gasteiger partial charge in [0.05, 0.1) is 19.3 Å². The predicted molar refractivity (Wildman–Crippen MR) is 76.7 cm³/mol. The third kappa shape index (κ3) is 5.20. The van der Waals surface area contributed by atoms with Gasteiger partial charge in [0.2, 0.25) is 5.82 Å². The summed E-state index contributed by atoms with van der Waals surface area (Å²) in [7, 11) is 0.808. The number of benzene rings is 1. The molecule has 11 heteroatoms. The quantitative estimate of drug-likeness (QED) is 0.181. The fourth-order valence-corrected chi connectivity index (χ4v) is 1.84. The molecule has 0 radical (unpaired) electrons. The van der Waals surface area contributed by atoms with E-state index in [1.54, 1.807) is 0 Å². The molecule has 0 spiro atoms. The van der Waals surface area contributed by atoms with Crippen molar-refractivity contribution in [2.45, 2.75) is 13.1 Å². The van der Waals surface area contributed by atoms with Crippen LogP contribution in [0.15, 0.2) is 11.1 Å². The molecule has 5 nitrogen and oxygen atoms in total. The van der Waals surface area contributed by atoms with Crippen LogP contribution in [0.4, 0.5) is 26.3 Å². The minimum absolute atomic E-state index is 0.166. The summed E-state index contributed by atoms with van der Waals surface area (Å²) in [5.41, 5.74) is -1.10. The van der Waals surface area contributed by atoms with Gasteiger partial charge in [0.1, 0.15) is 6.54 Å². The Morgan fingerprint density at radius 3 is 2.35 bits per heavy atom. The Labute approximate surface area is 143 Å². The Hall–Kier alpha value is -2.59. The van der Waals surface area contributed by atoms with Crippen molar-refractivity contribution in [3.05, 3.63) is 29.1 Å². The molecule has 0 aliphatic carbocycles. The van der Waals surface area contributed by atoms with Crippen molar-refractivity contribution in [3.8, 4) is 5.75 Å². The minimum Gasteiger partial charge on any atom is -0.491 e. The first kappa shape index (κ1) is 21.5. The summed E-state index contributed by atoms with van der Waals surface area (Å²) in [6.07, 6.45) is -4.39. The number of hydrogen-bond donors (Lipinski definition) is 0. The molecule has 1 atom stereocenters. The summed E-state index contributed by atoms with van der Waals surface area (Å²) < 4.78 is 86.4. The first-order valence-electron chi connectivity index (χ1n) is 7.02. The number of ketones is 1. The first-order chi connectivity index (χ1) is 12.0. The number of Topliss-reactive ketones (excluding diaryl/α,β-unsaturated/α-hetero) is 1. The van der Waals surface area contributed by atoms with E-state index in [2.05, 4.69) is 14.5 Å². The molecular formula is C15H13F6NO4. The van der Waals surface area contributed by atoms with Gasteiger partial charge in [-0.2, -0.15) is 17.6 Å². The Morgan fingerprint density at radius 1 is 1.23 bits per heavy atom. The molecular weight excluding hydrogens is 372 g/mol. The van der Waals surface area contributed by atoms with Gasteiger partial charge in [-0.1, -0.05) is 0 Å². The second kappa shape index (κ2) is 8.68. The average Bonchev–Trinajstić information content (AvgIpc) is 2.54. The molecule has 0 aliphatic heterocycles. The normalized spacial score (nSPS) is 12.9. The molecule has 26 heavy (non-hydrogen) atoms. The van der Waals surface area contributed by atoms with Crippen molar-refractivity contribution in [3.63, 3.8) is 0 Å². The van der Waals surface area contributed by atoms with Crippen LogP contribution in [-0.4, -0.2) is 44.4 Å². The number of esters is 1. The summed E-state index contributed by atoms with van der Waals surface area (Å²) >= 11 is 0. The first-order valence-corrected chi connectivity index (χ1v) is 7.02. The number of methoxy groups -OCH3 is 1. The van der Waals surface area contributed by atoms with E-state index in [0.29, 0.717) is 6.21 Å². The van der Waals surface area contributed by atoms with E-state index >= 15 is 0 Å². The summed E-state index contributed by atoms with van der Waals surface area (Å²) in [4.78, 5) is 27.0. The monoisotopic (exact) mass is 385 g/mol. The fraction of sp³-hybridized carbons (Fsp3) is 0.400. The molecule has 1 unspecified atom stereocenters. The summed E-state index contributed by atoms with van der Waals surface area (Å²) in [6, 6.07) is 0.166. The maximum absolute atomic E-state index is 14.2. The number of aliphatic imine (C=N–C) groups is 1. The molecule has 144 valence electrons. The van der Waals surface area contributed by atoms with Gasteiger partial charge in [-0.3, -0.25) is 14.6 Å². The van der Waals surface area contributed by atoms with Crippen LogP contribution in [0.2, 0.25) is 0 Å². The molecule has 0 heterocycles. The number of alkyl halides is 3. The molecule has 0 amide bonds. The Bertz CT molecular complexity index is 717. The number of ether oxygens (including phenoxy) is 2. The third-order valence-corrected chi connectivity index (χ3v) is 2.93. The van der Waals surface area contributed by atoms with E-state index in [0.717, 1.165) is 7.11 Å². The maximum Gasteiger partial charge on any atom is 0.407 e. The summed E-state index contributed by atoms with van der Waals surface area (Å²) in [5.74, 6) is -11.1. The summed E-state index contributed by atoms with van der Waals surface area (Å²) in [5, 5.41) is 0. The van der Waals surface area contributed by atoms with Crippen LogP contribution in [-0.2, 0) is 9.53 Å². The lowest BCUT2D eigenvalue weighted by Crippen LogP contribution is -2.29. The van der Waals surface area contributed by atoms with Gasteiger partial charge in [-0.25, -0.2) is 8.78 Å². The molecule has 0 saturated heterocycles. The van der Waals surface area contributed by atoms with Gasteiger partial charge in [-0.15, -0.1) is 0 Å². The van der Waals surface area contributed by atoms with Crippen LogP contribution in [0.5, 0.6) is 5.75 Å². The van der Waals surface area contributed by atoms with Crippen molar-refractivity contribution < 1.29 is 45.4 Å². The van der Waals surface area contributed by atoms with Crippen molar-refractivity contribution in [1.29, 1.82) is 0 Å². The molecule has 1 aromatic carbocycles. The smallest absolute Gasteiger partial charge is 0.407 e. The Morgan fingerprint density at radius 2 is 1.85 bits per heavy atom. The van der Waals surface area contributed by atoms with E-state index in [-0.39, 0.29) is 12.7 Å². The number of halogens is 6. The molecule has 1 aromatic rings. The zero-order valence-corrected chi connectivity index (χ0v) is 13.5. The highest BCUT2D eigenvalue weighted by atomic mass is 19.4. The van der Waals surface area contributed by atoms with Crippen LogP contribution in [0, 0.1) is 23.4 Å². The zero-order valence-electron chi connectivity index (χ0n) is 13.5. The van der Waals surface area contributed by atoms with Crippen molar-refractivity contribution in [1.82, 2.24) is 0 Å².